The maximum atomic E-state index is 13.6. The summed E-state index contributed by atoms with van der Waals surface area (Å²) >= 11 is 0. The molecule has 4 nitrogen and oxygen atoms in total. The Morgan fingerprint density at radius 3 is 2.76 bits per heavy atom. The van der Waals surface area contributed by atoms with E-state index in [1.807, 2.05) is 13.0 Å². The number of imidazole rings is 1. The molecule has 0 saturated heterocycles. The number of aromatic amines is 1. The lowest BCUT2D eigenvalue weighted by Gasteiger charge is -2.00. The maximum absolute atomic E-state index is 13.6. The third kappa shape index (κ3) is 2.84. The minimum absolute atomic E-state index is 0.243. The average Bonchev–Trinajstić information content (AvgIpc) is 2.84. The van der Waals surface area contributed by atoms with Crippen molar-refractivity contribution < 1.29 is 13.5 Å². The lowest BCUT2D eigenvalue weighted by atomic mass is 10.1. The van der Waals surface area contributed by atoms with Crippen LogP contribution in [-0.4, -0.2) is 21.6 Å². The molecule has 0 aliphatic rings. The second-order valence-electron chi connectivity index (χ2n) is 4.55. The molecular formula is C15H13F2N3O. The first-order chi connectivity index (χ1) is 10.2. The largest absolute Gasteiger partial charge is 0.478 e. The van der Waals surface area contributed by atoms with E-state index >= 15 is 0 Å². The number of pyridine rings is 1. The monoisotopic (exact) mass is 289 g/mol. The number of nitrogens with one attached hydrogen (secondary N) is 1. The van der Waals surface area contributed by atoms with E-state index in [-0.39, 0.29) is 6.42 Å². The van der Waals surface area contributed by atoms with Crippen LogP contribution < -0.4 is 4.74 Å². The first-order valence-electron chi connectivity index (χ1n) is 6.58. The first kappa shape index (κ1) is 13.5. The third-order valence-corrected chi connectivity index (χ3v) is 3.03. The number of benzene rings is 1. The zero-order valence-electron chi connectivity index (χ0n) is 11.4. The lowest BCUT2D eigenvalue weighted by molar-refractivity contribution is 0.328. The van der Waals surface area contributed by atoms with E-state index < -0.39 is 11.6 Å². The molecule has 21 heavy (non-hydrogen) atoms. The molecule has 0 atom stereocenters. The Morgan fingerprint density at radius 1 is 1.14 bits per heavy atom. The molecule has 0 aliphatic heterocycles. The van der Waals surface area contributed by atoms with Crippen LogP contribution in [0, 0.1) is 11.6 Å². The number of fused-ring (bicyclic) bond motifs is 1. The van der Waals surface area contributed by atoms with Crippen LogP contribution in [0.5, 0.6) is 5.88 Å². The Labute approximate surface area is 119 Å². The van der Waals surface area contributed by atoms with Crippen LogP contribution >= 0.6 is 0 Å². The molecule has 1 aromatic carbocycles. The van der Waals surface area contributed by atoms with Gasteiger partial charge in [-0.15, -0.1) is 0 Å². The van der Waals surface area contributed by atoms with Crippen molar-refractivity contribution in [2.75, 3.05) is 6.61 Å². The van der Waals surface area contributed by atoms with Gasteiger partial charge in [0.1, 0.15) is 17.5 Å². The quantitative estimate of drug-likeness (QED) is 0.802. The Kier molecular flexibility index (Phi) is 3.51. The topological polar surface area (TPSA) is 50.8 Å². The molecule has 0 aliphatic carbocycles. The summed E-state index contributed by atoms with van der Waals surface area (Å²) in [6.45, 7) is 2.40. The highest BCUT2D eigenvalue weighted by Crippen LogP contribution is 2.18. The maximum Gasteiger partial charge on any atom is 0.215 e. The Hall–Kier alpha value is -2.50. The fourth-order valence-corrected chi connectivity index (χ4v) is 2.08. The van der Waals surface area contributed by atoms with Crippen molar-refractivity contribution in [2.24, 2.45) is 0 Å². The Balaban J connectivity index is 1.90. The number of nitrogens with zero attached hydrogens (tertiary/aromatic N) is 2. The van der Waals surface area contributed by atoms with Crippen LogP contribution in [0.15, 0.2) is 30.3 Å². The molecule has 1 N–H and O–H groups in total. The van der Waals surface area contributed by atoms with Gasteiger partial charge in [-0.05, 0) is 24.6 Å². The van der Waals surface area contributed by atoms with Gasteiger partial charge >= 0.3 is 0 Å². The normalized spacial score (nSPS) is 11.0. The zero-order chi connectivity index (χ0) is 14.8. The summed E-state index contributed by atoms with van der Waals surface area (Å²) in [5.41, 5.74) is 1.63. The number of hydrogen-bond acceptors (Lipinski definition) is 3. The molecule has 0 saturated carbocycles. The Morgan fingerprint density at radius 2 is 2.00 bits per heavy atom. The van der Waals surface area contributed by atoms with Crippen molar-refractivity contribution in [3.8, 4) is 5.88 Å². The number of halogens is 2. The Bertz CT molecular complexity index is 786. The van der Waals surface area contributed by atoms with Crippen molar-refractivity contribution >= 4 is 11.2 Å². The van der Waals surface area contributed by atoms with Crippen LogP contribution in [0.3, 0.4) is 0 Å². The van der Waals surface area contributed by atoms with Crippen molar-refractivity contribution in [3.05, 3.63) is 53.4 Å². The predicted octanol–water partition coefficient (Wildman–Crippen LogP) is 3.23. The minimum Gasteiger partial charge on any atom is -0.478 e. The van der Waals surface area contributed by atoms with Gasteiger partial charge < -0.3 is 9.72 Å². The van der Waals surface area contributed by atoms with Gasteiger partial charge in [0.05, 0.1) is 12.1 Å². The summed E-state index contributed by atoms with van der Waals surface area (Å²) in [6.07, 6.45) is 0.243. The molecule has 0 fully saturated rings. The molecule has 2 heterocycles. The van der Waals surface area contributed by atoms with E-state index in [0.717, 1.165) is 11.6 Å². The van der Waals surface area contributed by atoms with Crippen LogP contribution in [0.2, 0.25) is 0 Å². The number of aromatic nitrogens is 3. The first-order valence-corrected chi connectivity index (χ1v) is 6.58. The molecule has 3 rings (SSSR count). The van der Waals surface area contributed by atoms with Crippen LogP contribution in [-0.2, 0) is 6.42 Å². The second-order valence-corrected chi connectivity index (χ2v) is 4.55. The van der Waals surface area contributed by atoms with E-state index in [0.29, 0.717) is 29.5 Å². The van der Waals surface area contributed by atoms with E-state index in [1.165, 1.54) is 12.1 Å². The van der Waals surface area contributed by atoms with Gasteiger partial charge in [0.15, 0.2) is 5.65 Å². The highest BCUT2D eigenvalue weighted by molar-refractivity contribution is 5.71. The van der Waals surface area contributed by atoms with Gasteiger partial charge in [-0.3, -0.25) is 0 Å². The van der Waals surface area contributed by atoms with Gasteiger partial charge in [0.2, 0.25) is 5.88 Å². The van der Waals surface area contributed by atoms with Crippen LogP contribution in [0.1, 0.15) is 18.3 Å². The van der Waals surface area contributed by atoms with Gasteiger partial charge in [-0.2, -0.15) is 4.98 Å². The molecule has 0 bridgehead atoms. The number of hydrogen-bond donors (Lipinski definition) is 1. The molecule has 6 heteroatoms. The standard InChI is InChI=1S/C15H13F2N3O/c1-2-21-14-6-5-12-15(20-14)19-13(18-12)7-9-3-4-10(16)8-11(9)17/h3-6,8H,2,7H2,1H3,(H,18,19,20). The molecule has 0 spiro atoms. The highest BCUT2D eigenvalue weighted by atomic mass is 19.1. The molecule has 108 valence electrons. The summed E-state index contributed by atoms with van der Waals surface area (Å²) in [4.78, 5) is 11.6. The van der Waals surface area contributed by atoms with Gasteiger partial charge in [-0.1, -0.05) is 6.07 Å². The van der Waals surface area contributed by atoms with Crippen molar-refractivity contribution in [3.63, 3.8) is 0 Å². The van der Waals surface area contributed by atoms with E-state index in [4.69, 9.17) is 4.74 Å². The van der Waals surface area contributed by atoms with Crippen molar-refractivity contribution in [1.29, 1.82) is 0 Å². The van der Waals surface area contributed by atoms with Gasteiger partial charge in [0, 0.05) is 18.6 Å². The number of ether oxygens (including phenoxy) is 1. The predicted molar refractivity (Wildman–Crippen MR) is 74.2 cm³/mol. The minimum atomic E-state index is -0.594. The molecular weight excluding hydrogens is 276 g/mol. The summed E-state index contributed by atoms with van der Waals surface area (Å²) in [7, 11) is 0. The van der Waals surface area contributed by atoms with Gasteiger partial charge in [-0.25, -0.2) is 13.8 Å². The number of H-pyrrole nitrogens is 1. The third-order valence-electron chi connectivity index (χ3n) is 3.03. The smallest absolute Gasteiger partial charge is 0.215 e. The fourth-order valence-electron chi connectivity index (χ4n) is 2.08. The van der Waals surface area contributed by atoms with Crippen molar-refractivity contribution in [2.45, 2.75) is 13.3 Å². The molecule has 0 amide bonds. The SMILES string of the molecule is CCOc1ccc2[nH]c(Cc3ccc(F)cc3F)nc2n1. The second kappa shape index (κ2) is 5.47. The van der Waals surface area contributed by atoms with Crippen molar-refractivity contribution in [1.82, 2.24) is 15.0 Å². The summed E-state index contributed by atoms with van der Waals surface area (Å²) in [5, 5.41) is 0. The van der Waals surface area contributed by atoms with Gasteiger partial charge in [0.25, 0.3) is 0 Å². The molecule has 0 unspecified atom stereocenters. The summed E-state index contributed by atoms with van der Waals surface area (Å²) in [6, 6.07) is 7.06. The van der Waals surface area contributed by atoms with E-state index in [1.54, 1.807) is 6.07 Å². The molecule has 0 radical (unpaired) electrons. The molecule has 2 aromatic heterocycles. The fraction of sp³-hybridized carbons (Fsp3) is 0.200. The lowest BCUT2D eigenvalue weighted by Crippen LogP contribution is -1.95. The van der Waals surface area contributed by atoms with E-state index in [9.17, 15) is 8.78 Å². The summed E-state index contributed by atoms with van der Waals surface area (Å²) in [5.74, 6) is -0.116. The van der Waals surface area contributed by atoms with Crippen LogP contribution in [0.25, 0.3) is 11.2 Å². The molecule has 3 aromatic rings. The van der Waals surface area contributed by atoms with E-state index in [2.05, 4.69) is 15.0 Å². The summed E-state index contributed by atoms with van der Waals surface area (Å²) < 4.78 is 31.8. The highest BCUT2D eigenvalue weighted by Gasteiger charge is 2.10. The number of rotatable bonds is 4. The zero-order valence-corrected chi connectivity index (χ0v) is 11.4. The average molecular weight is 289 g/mol. The van der Waals surface area contributed by atoms with Crippen LogP contribution in [0.4, 0.5) is 8.78 Å².